The van der Waals surface area contributed by atoms with Crippen LogP contribution in [-0.2, 0) is 9.84 Å². The molecule has 2 heterocycles. The Morgan fingerprint density at radius 2 is 2.13 bits per heavy atom. The third-order valence-electron chi connectivity index (χ3n) is 1.91. The van der Waals surface area contributed by atoms with Crippen LogP contribution in [0, 0.1) is 0 Å². The first-order valence-corrected chi connectivity index (χ1v) is 6.30. The molecule has 1 atom stereocenters. The summed E-state index contributed by atoms with van der Waals surface area (Å²) in [6.07, 6.45) is 4.52. The molecule has 15 heavy (non-hydrogen) atoms. The quantitative estimate of drug-likeness (QED) is 0.837. The Morgan fingerprint density at radius 1 is 1.40 bits per heavy atom. The highest BCUT2D eigenvalue weighted by molar-refractivity contribution is 7.94. The number of hydrogen-bond donors (Lipinski definition) is 1. The molecule has 0 aliphatic carbocycles. The minimum absolute atomic E-state index is 0.0277. The Labute approximate surface area is 92.1 Å². The summed E-state index contributed by atoms with van der Waals surface area (Å²) in [6, 6.07) is -0.288. The van der Waals surface area contributed by atoms with Gasteiger partial charge in [-0.25, -0.2) is 18.4 Å². The maximum absolute atomic E-state index is 11.1. The topological polar surface area (TPSA) is 72.0 Å². The van der Waals surface area contributed by atoms with E-state index >= 15 is 0 Å². The summed E-state index contributed by atoms with van der Waals surface area (Å²) >= 11 is 5.76. The Morgan fingerprint density at radius 3 is 2.73 bits per heavy atom. The average Bonchev–Trinajstić information content (AvgIpc) is 2.50. The second-order valence-electron chi connectivity index (χ2n) is 3.10. The fourth-order valence-electron chi connectivity index (χ4n) is 1.26. The van der Waals surface area contributed by atoms with Gasteiger partial charge in [-0.3, -0.25) is 0 Å². The first-order valence-electron chi connectivity index (χ1n) is 4.21. The van der Waals surface area contributed by atoms with Crippen LogP contribution in [-0.4, -0.2) is 30.2 Å². The SMILES string of the molecule is O=S1(=O)C=CC(Nc2nccnc2Cl)C1. The second kappa shape index (κ2) is 3.79. The summed E-state index contributed by atoms with van der Waals surface area (Å²) in [4.78, 5) is 7.78. The predicted octanol–water partition coefficient (Wildman–Crippen LogP) is 0.853. The monoisotopic (exact) mass is 245 g/mol. The Hall–Kier alpha value is -1.14. The maximum Gasteiger partial charge on any atom is 0.173 e. The number of nitrogens with zero attached hydrogens (tertiary/aromatic N) is 2. The summed E-state index contributed by atoms with van der Waals surface area (Å²) in [6.45, 7) is 0. The summed E-state index contributed by atoms with van der Waals surface area (Å²) in [5.74, 6) is 0.422. The lowest BCUT2D eigenvalue weighted by Crippen LogP contribution is -2.21. The van der Waals surface area contributed by atoms with E-state index in [1.807, 2.05) is 0 Å². The van der Waals surface area contributed by atoms with Crippen LogP contribution in [0.3, 0.4) is 0 Å². The zero-order chi connectivity index (χ0) is 10.9. The van der Waals surface area contributed by atoms with Crippen LogP contribution in [0.1, 0.15) is 0 Å². The molecule has 1 aliphatic rings. The number of hydrogen-bond acceptors (Lipinski definition) is 5. The number of aromatic nitrogens is 2. The van der Waals surface area contributed by atoms with Gasteiger partial charge in [0.25, 0.3) is 0 Å². The van der Waals surface area contributed by atoms with Gasteiger partial charge in [0, 0.05) is 17.8 Å². The number of rotatable bonds is 2. The maximum atomic E-state index is 11.1. The fraction of sp³-hybridized carbons (Fsp3) is 0.250. The molecule has 2 rings (SSSR count). The van der Waals surface area contributed by atoms with Crippen molar-refractivity contribution in [2.45, 2.75) is 6.04 Å². The van der Waals surface area contributed by atoms with Gasteiger partial charge in [0.05, 0.1) is 11.8 Å². The van der Waals surface area contributed by atoms with Crippen molar-refractivity contribution in [3.63, 3.8) is 0 Å². The molecule has 0 saturated heterocycles. The van der Waals surface area contributed by atoms with Crippen molar-refractivity contribution in [2.75, 3.05) is 11.1 Å². The fourth-order valence-corrected chi connectivity index (χ4v) is 2.65. The molecule has 0 amide bonds. The zero-order valence-corrected chi connectivity index (χ0v) is 9.16. The van der Waals surface area contributed by atoms with Crippen LogP contribution in [0.25, 0.3) is 0 Å². The normalized spacial score (nSPS) is 22.9. The molecule has 1 unspecified atom stereocenters. The van der Waals surface area contributed by atoms with Crippen molar-refractivity contribution in [1.29, 1.82) is 0 Å². The highest BCUT2D eigenvalue weighted by Crippen LogP contribution is 2.18. The van der Waals surface area contributed by atoms with Crippen molar-refractivity contribution in [2.24, 2.45) is 0 Å². The van der Waals surface area contributed by atoms with Crippen LogP contribution >= 0.6 is 11.6 Å². The molecule has 1 N–H and O–H groups in total. The molecule has 0 fully saturated rings. The van der Waals surface area contributed by atoms with Gasteiger partial charge >= 0.3 is 0 Å². The van der Waals surface area contributed by atoms with Gasteiger partial charge in [-0.2, -0.15) is 0 Å². The molecule has 0 radical (unpaired) electrons. The van der Waals surface area contributed by atoms with E-state index in [1.54, 1.807) is 6.08 Å². The van der Waals surface area contributed by atoms with E-state index in [2.05, 4.69) is 15.3 Å². The lowest BCUT2D eigenvalue weighted by atomic mass is 10.3. The Kier molecular flexibility index (Phi) is 2.62. The van der Waals surface area contributed by atoms with Crippen molar-refractivity contribution in [1.82, 2.24) is 9.97 Å². The van der Waals surface area contributed by atoms with E-state index in [1.165, 1.54) is 17.8 Å². The first-order chi connectivity index (χ1) is 7.07. The van der Waals surface area contributed by atoms with Crippen molar-refractivity contribution >= 4 is 27.3 Å². The van der Waals surface area contributed by atoms with E-state index in [-0.39, 0.29) is 16.9 Å². The van der Waals surface area contributed by atoms with Gasteiger partial charge in [-0.05, 0) is 6.08 Å². The second-order valence-corrected chi connectivity index (χ2v) is 5.39. The van der Waals surface area contributed by atoms with Crippen molar-refractivity contribution < 1.29 is 8.42 Å². The molecule has 80 valence electrons. The Bertz CT molecular complexity index is 500. The number of anilines is 1. The summed E-state index contributed by atoms with van der Waals surface area (Å²) < 4.78 is 22.2. The van der Waals surface area contributed by atoms with Crippen LogP contribution in [0.15, 0.2) is 23.9 Å². The third-order valence-corrected chi connectivity index (χ3v) is 3.58. The number of nitrogens with one attached hydrogen (secondary N) is 1. The van der Waals surface area contributed by atoms with Gasteiger partial charge in [0.2, 0.25) is 0 Å². The molecule has 0 saturated carbocycles. The van der Waals surface area contributed by atoms with E-state index in [9.17, 15) is 8.42 Å². The van der Waals surface area contributed by atoms with Gasteiger partial charge in [0.1, 0.15) is 0 Å². The zero-order valence-electron chi connectivity index (χ0n) is 7.59. The predicted molar refractivity (Wildman–Crippen MR) is 57.4 cm³/mol. The highest BCUT2D eigenvalue weighted by atomic mass is 35.5. The molecule has 0 aromatic carbocycles. The average molecular weight is 246 g/mol. The van der Waals surface area contributed by atoms with E-state index in [0.717, 1.165) is 0 Å². The third kappa shape index (κ3) is 2.45. The van der Waals surface area contributed by atoms with Crippen LogP contribution in [0.4, 0.5) is 5.82 Å². The minimum atomic E-state index is -3.06. The van der Waals surface area contributed by atoms with Gasteiger partial charge in [0.15, 0.2) is 20.8 Å². The molecule has 0 spiro atoms. The van der Waals surface area contributed by atoms with Crippen LogP contribution in [0.5, 0.6) is 0 Å². The molecular weight excluding hydrogens is 238 g/mol. The smallest absolute Gasteiger partial charge is 0.173 e. The molecule has 1 aromatic rings. The molecule has 1 aromatic heterocycles. The van der Waals surface area contributed by atoms with Crippen LogP contribution < -0.4 is 5.32 Å². The molecule has 1 aliphatic heterocycles. The summed E-state index contributed by atoms with van der Waals surface area (Å²) in [5, 5.41) is 4.31. The van der Waals surface area contributed by atoms with E-state index in [0.29, 0.717) is 5.82 Å². The summed E-state index contributed by atoms with van der Waals surface area (Å²) in [5.41, 5.74) is 0. The highest BCUT2D eigenvalue weighted by Gasteiger charge is 2.22. The molecule has 7 heteroatoms. The van der Waals surface area contributed by atoms with Gasteiger partial charge in [-0.15, -0.1) is 0 Å². The first kappa shape index (κ1) is 10.4. The van der Waals surface area contributed by atoms with Crippen molar-refractivity contribution in [3.05, 3.63) is 29.0 Å². The largest absolute Gasteiger partial charge is 0.360 e. The molecular formula is C8H8ClN3O2S. The van der Waals surface area contributed by atoms with Gasteiger partial charge in [-0.1, -0.05) is 11.6 Å². The number of halogens is 1. The minimum Gasteiger partial charge on any atom is -0.360 e. The standard InChI is InChI=1S/C8H8ClN3O2S/c9-7-8(11-3-2-10-7)12-6-1-4-15(13,14)5-6/h1-4,6H,5H2,(H,11,12). The Balaban J connectivity index is 2.12. The van der Waals surface area contributed by atoms with Crippen LogP contribution in [0.2, 0.25) is 5.15 Å². The molecule has 0 bridgehead atoms. The van der Waals surface area contributed by atoms with Crippen molar-refractivity contribution in [3.8, 4) is 0 Å². The van der Waals surface area contributed by atoms with E-state index in [4.69, 9.17) is 11.6 Å². The van der Waals surface area contributed by atoms with E-state index < -0.39 is 9.84 Å². The lowest BCUT2D eigenvalue weighted by Gasteiger charge is -2.10. The van der Waals surface area contributed by atoms with Gasteiger partial charge < -0.3 is 5.32 Å². The summed E-state index contributed by atoms with van der Waals surface area (Å²) in [7, 11) is -3.06. The molecule has 5 nitrogen and oxygen atoms in total. The lowest BCUT2D eigenvalue weighted by molar-refractivity contribution is 0.605. The number of sulfone groups is 1.